The van der Waals surface area contributed by atoms with E-state index in [0.717, 1.165) is 77.6 Å². The molecule has 1 heterocycles. The topological polar surface area (TPSA) is 58.1 Å². The van der Waals surface area contributed by atoms with Crippen molar-refractivity contribution in [2.75, 3.05) is 46.5 Å². The van der Waals surface area contributed by atoms with Gasteiger partial charge < -0.3 is 20.1 Å². The summed E-state index contributed by atoms with van der Waals surface area (Å²) < 4.78 is 11.3. The van der Waals surface area contributed by atoms with Crippen LogP contribution in [-0.4, -0.2) is 69.5 Å². The van der Waals surface area contributed by atoms with E-state index in [-0.39, 0.29) is 24.0 Å². The summed E-state index contributed by atoms with van der Waals surface area (Å²) in [5.41, 5.74) is 1.35. The van der Waals surface area contributed by atoms with Crippen LogP contribution < -0.4 is 10.6 Å². The van der Waals surface area contributed by atoms with Crippen molar-refractivity contribution in [3.8, 4) is 0 Å². The maximum Gasteiger partial charge on any atom is 0.191 e. The van der Waals surface area contributed by atoms with Gasteiger partial charge in [0.1, 0.15) is 0 Å². The van der Waals surface area contributed by atoms with E-state index < -0.39 is 0 Å². The van der Waals surface area contributed by atoms with Gasteiger partial charge in [0.15, 0.2) is 5.96 Å². The third-order valence-corrected chi connectivity index (χ3v) is 5.27. The Bertz CT molecular complexity index is 568. The minimum absolute atomic E-state index is 0. The number of nitrogens with one attached hydrogen (secondary N) is 2. The zero-order chi connectivity index (χ0) is 20.7. The van der Waals surface area contributed by atoms with E-state index in [1.54, 1.807) is 0 Å². The molecule has 0 aromatic heterocycles. The van der Waals surface area contributed by atoms with Crippen LogP contribution in [0.2, 0.25) is 0 Å². The number of aliphatic imine (C=N–C) groups is 1. The van der Waals surface area contributed by atoms with Crippen molar-refractivity contribution in [1.82, 2.24) is 15.5 Å². The van der Waals surface area contributed by atoms with Crippen molar-refractivity contribution in [2.24, 2.45) is 4.99 Å². The average molecular weight is 533 g/mol. The number of guanidine groups is 1. The van der Waals surface area contributed by atoms with Crippen LogP contribution >= 0.6 is 24.0 Å². The number of halogens is 1. The largest absolute Gasteiger partial charge is 0.379 e. The van der Waals surface area contributed by atoms with E-state index in [1.807, 2.05) is 0 Å². The molecule has 172 valence electrons. The Balaban J connectivity index is 0.00000450. The Morgan fingerprint density at radius 3 is 2.80 bits per heavy atom. The molecule has 0 aliphatic carbocycles. The molecule has 0 saturated carbocycles. The fourth-order valence-corrected chi connectivity index (χ4v) is 3.34. The van der Waals surface area contributed by atoms with Crippen molar-refractivity contribution in [1.29, 1.82) is 0 Å². The van der Waals surface area contributed by atoms with E-state index >= 15 is 0 Å². The minimum Gasteiger partial charge on any atom is -0.379 e. The van der Waals surface area contributed by atoms with Gasteiger partial charge in [0.25, 0.3) is 0 Å². The van der Waals surface area contributed by atoms with Crippen LogP contribution in [0, 0.1) is 0 Å². The summed E-state index contributed by atoms with van der Waals surface area (Å²) in [4.78, 5) is 7.06. The first-order valence-electron chi connectivity index (χ1n) is 11.1. The molecule has 2 atom stereocenters. The number of hydrogen-bond acceptors (Lipinski definition) is 4. The second kappa shape index (κ2) is 16.8. The molecule has 2 N–H and O–H groups in total. The Hall–Kier alpha value is -0.900. The molecule has 0 bridgehead atoms. The monoisotopic (exact) mass is 532 g/mol. The standard InChI is InChI=1S/C23H40N4O2.HI/c1-4-24-23(25-14-9-16-28-19-22-12-8-17-29-22)26-15-13-20(2)27(3)18-21-10-6-5-7-11-21;/h5-7,10-11,20,22H,4,8-9,12-19H2,1-3H3,(H2,24,25,26);1H. The summed E-state index contributed by atoms with van der Waals surface area (Å²) >= 11 is 0. The lowest BCUT2D eigenvalue weighted by Gasteiger charge is -2.25. The molecule has 1 fully saturated rings. The fraction of sp³-hybridized carbons (Fsp3) is 0.696. The van der Waals surface area contributed by atoms with Crippen LogP contribution in [0.25, 0.3) is 0 Å². The van der Waals surface area contributed by atoms with Crippen molar-refractivity contribution < 1.29 is 9.47 Å². The molecule has 1 aliphatic heterocycles. The average Bonchev–Trinajstić information content (AvgIpc) is 3.24. The zero-order valence-electron chi connectivity index (χ0n) is 18.9. The zero-order valence-corrected chi connectivity index (χ0v) is 21.3. The number of ether oxygens (including phenoxy) is 2. The van der Waals surface area contributed by atoms with Gasteiger partial charge in [-0.1, -0.05) is 30.3 Å². The SMILES string of the molecule is CCNC(=NCCCOCC1CCCO1)NCCC(C)N(C)Cc1ccccc1.I. The van der Waals surface area contributed by atoms with Crippen molar-refractivity contribution >= 4 is 29.9 Å². The quantitative estimate of drug-likeness (QED) is 0.176. The van der Waals surface area contributed by atoms with Gasteiger partial charge in [-0.3, -0.25) is 9.89 Å². The summed E-state index contributed by atoms with van der Waals surface area (Å²) in [6.45, 7) is 10.2. The Morgan fingerprint density at radius 2 is 2.10 bits per heavy atom. The van der Waals surface area contributed by atoms with Gasteiger partial charge >= 0.3 is 0 Å². The maximum atomic E-state index is 5.71. The first-order valence-corrected chi connectivity index (χ1v) is 11.1. The van der Waals surface area contributed by atoms with Gasteiger partial charge in [-0.15, -0.1) is 24.0 Å². The predicted octanol–water partition coefficient (Wildman–Crippen LogP) is 3.66. The highest BCUT2D eigenvalue weighted by Crippen LogP contribution is 2.12. The highest BCUT2D eigenvalue weighted by atomic mass is 127. The normalized spacial score (nSPS) is 17.6. The molecule has 0 spiro atoms. The summed E-state index contributed by atoms with van der Waals surface area (Å²) in [6, 6.07) is 11.1. The molecule has 2 rings (SSSR count). The molecular weight excluding hydrogens is 491 g/mol. The van der Waals surface area contributed by atoms with E-state index in [2.05, 4.69) is 71.8 Å². The van der Waals surface area contributed by atoms with Crippen LogP contribution in [0.4, 0.5) is 0 Å². The molecule has 30 heavy (non-hydrogen) atoms. The summed E-state index contributed by atoms with van der Waals surface area (Å²) in [6.07, 6.45) is 4.60. The minimum atomic E-state index is 0. The van der Waals surface area contributed by atoms with Gasteiger partial charge in [-0.2, -0.15) is 0 Å². The third kappa shape index (κ3) is 11.5. The van der Waals surface area contributed by atoms with Crippen LogP contribution in [0.15, 0.2) is 35.3 Å². The summed E-state index contributed by atoms with van der Waals surface area (Å²) in [5, 5.41) is 6.78. The van der Waals surface area contributed by atoms with Crippen molar-refractivity contribution in [3.05, 3.63) is 35.9 Å². The molecule has 2 unspecified atom stereocenters. The second-order valence-corrected chi connectivity index (χ2v) is 7.79. The maximum absolute atomic E-state index is 5.71. The lowest BCUT2D eigenvalue weighted by atomic mass is 10.1. The van der Waals surface area contributed by atoms with Gasteiger partial charge in [0, 0.05) is 45.4 Å². The van der Waals surface area contributed by atoms with Crippen molar-refractivity contribution in [3.63, 3.8) is 0 Å². The Kier molecular flexibility index (Phi) is 15.2. The van der Waals surface area contributed by atoms with Crippen LogP contribution in [0.5, 0.6) is 0 Å². The molecule has 7 heteroatoms. The molecule has 1 aromatic rings. The molecule has 0 amide bonds. The third-order valence-electron chi connectivity index (χ3n) is 5.27. The van der Waals surface area contributed by atoms with Gasteiger partial charge in [0.05, 0.1) is 12.7 Å². The number of benzene rings is 1. The van der Waals surface area contributed by atoms with Gasteiger partial charge in [-0.25, -0.2) is 0 Å². The Morgan fingerprint density at radius 1 is 1.30 bits per heavy atom. The predicted molar refractivity (Wildman–Crippen MR) is 136 cm³/mol. The van der Waals surface area contributed by atoms with Gasteiger partial charge in [-0.05, 0) is 52.1 Å². The Labute approximate surface area is 200 Å². The van der Waals surface area contributed by atoms with Gasteiger partial charge in [0.2, 0.25) is 0 Å². The number of rotatable bonds is 13. The van der Waals surface area contributed by atoms with E-state index in [4.69, 9.17) is 9.47 Å². The molecule has 6 nitrogen and oxygen atoms in total. The second-order valence-electron chi connectivity index (χ2n) is 7.79. The number of nitrogens with zero attached hydrogens (tertiary/aromatic N) is 2. The molecule has 1 aromatic carbocycles. The molecule has 1 aliphatic rings. The van der Waals surface area contributed by atoms with E-state index in [0.29, 0.717) is 12.1 Å². The van der Waals surface area contributed by atoms with Crippen molar-refractivity contribution in [2.45, 2.75) is 58.2 Å². The van der Waals surface area contributed by atoms with Crippen LogP contribution in [0.3, 0.4) is 0 Å². The number of hydrogen-bond donors (Lipinski definition) is 2. The molecular formula is C23H41IN4O2. The summed E-state index contributed by atoms with van der Waals surface area (Å²) in [7, 11) is 2.19. The molecule has 0 radical (unpaired) electrons. The highest BCUT2D eigenvalue weighted by Gasteiger charge is 2.15. The lowest BCUT2D eigenvalue weighted by molar-refractivity contribution is 0.0171. The van der Waals surface area contributed by atoms with Crippen LogP contribution in [0.1, 0.15) is 45.1 Å². The van der Waals surface area contributed by atoms with E-state index in [1.165, 1.54) is 5.56 Å². The molecule has 1 saturated heterocycles. The lowest BCUT2D eigenvalue weighted by Crippen LogP contribution is -2.40. The smallest absolute Gasteiger partial charge is 0.191 e. The van der Waals surface area contributed by atoms with Crippen LogP contribution in [-0.2, 0) is 16.0 Å². The van der Waals surface area contributed by atoms with E-state index in [9.17, 15) is 0 Å². The first kappa shape index (κ1) is 27.1. The highest BCUT2D eigenvalue weighted by molar-refractivity contribution is 14.0. The summed E-state index contributed by atoms with van der Waals surface area (Å²) in [5.74, 6) is 0.893. The first-order chi connectivity index (χ1) is 14.2. The fourth-order valence-electron chi connectivity index (χ4n) is 3.34.